The molecule has 1 aliphatic heterocycles. The van der Waals surface area contributed by atoms with Gasteiger partial charge in [-0.1, -0.05) is 12.4 Å². The number of allylic oxidation sites excluding steroid dienone is 2. The number of alkyl halides is 5. The quantitative estimate of drug-likeness (QED) is 0.307. The normalized spacial score (nSPS) is 13.5. The van der Waals surface area contributed by atoms with Crippen LogP contribution in [-0.2, 0) is 13.6 Å². The largest absolute Gasteiger partial charge is 2.00 e. The third kappa shape index (κ3) is 7.05. The number of hydrogen-bond donors (Lipinski definition) is 2. The SMILES string of the molecule is Cn1[c-]c(C=N)c(C(F)F)n1.[CH2-]C1=C(c2ccnn2CC(F)(F)F)NCC=C1.[U+2]. The van der Waals surface area contributed by atoms with Crippen LogP contribution in [0, 0.1) is 49.6 Å². The van der Waals surface area contributed by atoms with Gasteiger partial charge in [0.15, 0.2) is 0 Å². The molecule has 0 amide bonds. The Morgan fingerprint density at radius 3 is 2.62 bits per heavy atom. The van der Waals surface area contributed by atoms with Gasteiger partial charge in [-0.05, 0) is 11.8 Å². The maximum atomic E-state index is 12.3. The van der Waals surface area contributed by atoms with E-state index in [2.05, 4.69) is 28.6 Å². The first-order chi connectivity index (χ1) is 13.1. The topological polar surface area (TPSA) is 71.5 Å². The Balaban J connectivity index is 0.000000306. The molecule has 2 aromatic heterocycles. The molecular weight excluding hydrogens is 621 g/mol. The van der Waals surface area contributed by atoms with E-state index in [4.69, 9.17) is 5.41 Å². The fraction of sp³-hybridized carbons (Fsp3) is 0.294. The van der Waals surface area contributed by atoms with E-state index in [1.165, 1.54) is 13.2 Å². The monoisotopic (exact) mass is 638 g/mol. The average molecular weight is 638 g/mol. The first-order valence-corrected chi connectivity index (χ1v) is 7.92. The summed E-state index contributed by atoms with van der Waals surface area (Å²) in [6.45, 7) is 3.26. The van der Waals surface area contributed by atoms with Crippen LogP contribution in [-0.4, -0.2) is 38.5 Å². The van der Waals surface area contributed by atoms with Crippen LogP contribution in [0.4, 0.5) is 22.0 Å². The Bertz CT molecular complexity index is 881. The van der Waals surface area contributed by atoms with Crippen molar-refractivity contribution < 1.29 is 53.1 Å². The smallest absolute Gasteiger partial charge is 0.432 e. The van der Waals surface area contributed by atoms with E-state index < -0.39 is 19.1 Å². The fourth-order valence-corrected chi connectivity index (χ4v) is 2.39. The summed E-state index contributed by atoms with van der Waals surface area (Å²) in [5.74, 6) is 0. The van der Waals surface area contributed by atoms with Crippen molar-refractivity contribution in [3.8, 4) is 0 Å². The van der Waals surface area contributed by atoms with Crippen molar-refractivity contribution in [1.82, 2.24) is 24.9 Å². The molecule has 0 bridgehead atoms. The zero-order valence-corrected chi connectivity index (χ0v) is 19.4. The van der Waals surface area contributed by atoms with Gasteiger partial charge in [-0.2, -0.15) is 36.8 Å². The first-order valence-electron chi connectivity index (χ1n) is 7.92. The van der Waals surface area contributed by atoms with Crippen molar-refractivity contribution in [1.29, 1.82) is 5.41 Å². The van der Waals surface area contributed by atoms with Crippen molar-refractivity contribution in [3.63, 3.8) is 0 Å². The predicted molar refractivity (Wildman–Crippen MR) is 92.6 cm³/mol. The Labute approximate surface area is 187 Å². The predicted octanol–water partition coefficient (Wildman–Crippen LogP) is 3.31. The standard InChI is InChI=1S/C11H11F3N3.C6H6F2N3.U/c1-8-3-2-5-15-10(8)9-4-6-16-17(9)7-11(12,13)14;1-11-3-4(2-9)5(10-11)6(7)8;/h2-4,6,15H,1,5,7H2;2,6,9H,1H3;/q2*-1;+2. The molecule has 0 saturated carbocycles. The number of nitrogens with zero attached hydrogens (tertiary/aromatic N) is 4. The second-order valence-corrected chi connectivity index (χ2v) is 5.65. The van der Waals surface area contributed by atoms with E-state index in [-0.39, 0.29) is 42.4 Å². The minimum Gasteiger partial charge on any atom is -0.432 e. The molecule has 0 aromatic carbocycles. The summed E-state index contributed by atoms with van der Waals surface area (Å²) in [7, 11) is 1.48. The van der Waals surface area contributed by atoms with Crippen molar-refractivity contribution in [2.24, 2.45) is 7.05 Å². The van der Waals surface area contributed by atoms with Gasteiger partial charge in [-0.15, -0.1) is 11.6 Å². The molecule has 0 radical (unpaired) electrons. The van der Waals surface area contributed by atoms with Gasteiger partial charge in [0, 0.05) is 31.2 Å². The number of aromatic nitrogens is 4. The zero-order chi connectivity index (χ0) is 20.9. The second kappa shape index (κ2) is 10.6. The molecule has 6 nitrogen and oxygen atoms in total. The van der Waals surface area contributed by atoms with Crippen LogP contribution in [0.1, 0.15) is 23.4 Å². The van der Waals surface area contributed by atoms with E-state index in [1.807, 2.05) is 6.08 Å². The van der Waals surface area contributed by atoms with Crippen LogP contribution < -0.4 is 5.32 Å². The molecule has 0 saturated heterocycles. The molecule has 0 fully saturated rings. The number of aryl methyl sites for hydroxylation is 1. The summed E-state index contributed by atoms with van der Waals surface area (Å²) < 4.78 is 63.1. The van der Waals surface area contributed by atoms with Gasteiger partial charge in [-0.25, -0.2) is 8.78 Å². The van der Waals surface area contributed by atoms with Gasteiger partial charge in [0.1, 0.15) is 6.54 Å². The maximum absolute atomic E-state index is 12.3. The van der Waals surface area contributed by atoms with Crippen molar-refractivity contribution in [2.75, 3.05) is 6.54 Å². The second-order valence-electron chi connectivity index (χ2n) is 5.65. The molecule has 0 spiro atoms. The average Bonchev–Trinajstić information content (AvgIpc) is 3.20. The van der Waals surface area contributed by atoms with E-state index in [1.54, 1.807) is 12.1 Å². The summed E-state index contributed by atoms with van der Waals surface area (Å²) >= 11 is 0. The molecule has 0 unspecified atom stereocenters. The maximum Gasteiger partial charge on any atom is 2.00 e. The molecule has 2 aromatic rings. The number of rotatable bonds is 4. The van der Waals surface area contributed by atoms with Gasteiger partial charge in [0.05, 0.1) is 0 Å². The van der Waals surface area contributed by atoms with Gasteiger partial charge in [-0.3, -0.25) is 9.78 Å². The van der Waals surface area contributed by atoms with Crippen molar-refractivity contribution in [3.05, 3.63) is 60.1 Å². The van der Waals surface area contributed by atoms with Gasteiger partial charge >= 0.3 is 37.3 Å². The van der Waals surface area contributed by atoms with Gasteiger partial charge in [0.25, 0.3) is 0 Å². The van der Waals surface area contributed by atoms with Crippen LogP contribution in [0.5, 0.6) is 0 Å². The van der Waals surface area contributed by atoms with Crippen LogP contribution in [0.15, 0.2) is 30.0 Å². The molecule has 12 heteroatoms. The third-order valence-electron chi connectivity index (χ3n) is 3.51. The summed E-state index contributed by atoms with van der Waals surface area (Å²) in [5.41, 5.74) is 1.30. The molecule has 3 heterocycles. The van der Waals surface area contributed by atoms with Crippen molar-refractivity contribution in [2.45, 2.75) is 19.1 Å². The van der Waals surface area contributed by atoms with Crippen LogP contribution in [0.25, 0.3) is 5.70 Å². The van der Waals surface area contributed by atoms with E-state index in [0.29, 0.717) is 23.5 Å². The Morgan fingerprint density at radius 1 is 1.41 bits per heavy atom. The molecule has 154 valence electrons. The molecule has 3 rings (SSSR count). The van der Waals surface area contributed by atoms with Crippen LogP contribution in [0.3, 0.4) is 0 Å². The van der Waals surface area contributed by atoms with E-state index in [0.717, 1.165) is 15.6 Å². The molecule has 1 aliphatic rings. The van der Waals surface area contributed by atoms with Crippen LogP contribution in [0.2, 0.25) is 0 Å². The summed E-state index contributed by atoms with van der Waals surface area (Å²) in [6.07, 6.45) is 1.33. The van der Waals surface area contributed by atoms with Crippen LogP contribution >= 0.6 is 0 Å². The minimum absolute atomic E-state index is 0. The Morgan fingerprint density at radius 2 is 2.10 bits per heavy atom. The fourth-order valence-electron chi connectivity index (χ4n) is 2.39. The number of dihydropyridines is 1. The van der Waals surface area contributed by atoms with Gasteiger partial charge < -0.3 is 15.4 Å². The summed E-state index contributed by atoms with van der Waals surface area (Å²) in [5, 5.41) is 16.9. The number of halogens is 5. The molecular formula is C17H17F5N6U. The molecule has 0 aliphatic carbocycles. The van der Waals surface area contributed by atoms with Crippen molar-refractivity contribution >= 4 is 11.9 Å². The summed E-state index contributed by atoms with van der Waals surface area (Å²) in [6, 6.07) is 1.54. The van der Waals surface area contributed by atoms with Gasteiger partial charge in [0.2, 0.25) is 6.43 Å². The molecule has 0 atom stereocenters. The minimum atomic E-state index is -4.28. The summed E-state index contributed by atoms with van der Waals surface area (Å²) in [4.78, 5) is 0. The third-order valence-corrected chi connectivity index (χ3v) is 3.51. The molecule has 29 heavy (non-hydrogen) atoms. The first kappa shape index (κ1) is 25.0. The Hall–Kier alpha value is -2.06. The Kier molecular flexibility index (Phi) is 9.17. The number of nitrogens with one attached hydrogen (secondary N) is 2. The van der Waals surface area contributed by atoms with E-state index >= 15 is 0 Å². The van der Waals surface area contributed by atoms with E-state index in [9.17, 15) is 22.0 Å². The zero-order valence-electron chi connectivity index (χ0n) is 15.3. The number of hydrogen-bond acceptors (Lipinski definition) is 4. The molecule has 2 N–H and O–H groups in total.